The predicted octanol–water partition coefficient (Wildman–Crippen LogP) is 7.17. The third-order valence-corrected chi connectivity index (χ3v) is 6.32. The molecule has 0 N–H and O–H groups in total. The number of hydrogen-bond donors (Lipinski definition) is 0. The fraction of sp³-hybridized carbons (Fsp3) is 0.464. The molecule has 0 unspecified atom stereocenters. The van der Waals surface area contributed by atoms with E-state index in [0.29, 0.717) is 18.8 Å². The minimum Gasteiger partial charge on any atom is -0.493 e. The first-order chi connectivity index (χ1) is 14.7. The van der Waals surface area contributed by atoms with Crippen LogP contribution in [-0.2, 0) is 15.6 Å². The molecule has 0 spiro atoms. The van der Waals surface area contributed by atoms with Crippen molar-refractivity contribution >= 4 is 18.1 Å². The summed E-state index contributed by atoms with van der Waals surface area (Å²) in [5.74, 6) is 0.665. The zero-order chi connectivity index (χ0) is 22.6. The highest BCUT2D eigenvalue weighted by Crippen LogP contribution is 2.47. The van der Waals surface area contributed by atoms with Crippen molar-refractivity contribution in [3.63, 3.8) is 0 Å². The fourth-order valence-corrected chi connectivity index (χ4v) is 4.21. The molecule has 3 rings (SSSR count). The zero-order valence-corrected chi connectivity index (χ0v) is 19.9. The van der Waals surface area contributed by atoms with Gasteiger partial charge in [0.1, 0.15) is 5.75 Å². The van der Waals surface area contributed by atoms with Crippen LogP contribution in [0.25, 0.3) is 12.2 Å². The van der Waals surface area contributed by atoms with E-state index in [0.717, 1.165) is 23.3 Å². The maximum Gasteiger partial charge on any atom is 0.338 e. The Morgan fingerprint density at radius 2 is 1.55 bits per heavy atom. The number of fused-ring (bicyclic) bond motifs is 1. The summed E-state index contributed by atoms with van der Waals surface area (Å²) in [6.07, 6.45) is 7.55. The molecule has 0 bridgehead atoms. The Kier molecular flexibility index (Phi) is 6.93. The summed E-state index contributed by atoms with van der Waals surface area (Å²) in [5.41, 5.74) is 5.84. The molecule has 0 radical (unpaired) electrons. The molecule has 31 heavy (non-hydrogen) atoms. The summed E-state index contributed by atoms with van der Waals surface area (Å²) in [5, 5.41) is 0. The average Bonchev–Trinajstić information content (AvgIpc) is 2.74. The lowest BCUT2D eigenvalue weighted by Crippen LogP contribution is -2.34. The molecular weight excluding hydrogens is 384 g/mol. The number of esters is 1. The smallest absolute Gasteiger partial charge is 0.338 e. The summed E-state index contributed by atoms with van der Waals surface area (Å²) >= 11 is 0. The molecule has 1 aliphatic carbocycles. The van der Waals surface area contributed by atoms with Crippen LogP contribution in [0.1, 0.15) is 93.4 Å². The van der Waals surface area contributed by atoms with E-state index in [1.165, 1.54) is 24.0 Å². The van der Waals surface area contributed by atoms with Gasteiger partial charge in [0, 0.05) is 5.56 Å². The van der Waals surface area contributed by atoms with Gasteiger partial charge < -0.3 is 9.47 Å². The highest BCUT2D eigenvalue weighted by Gasteiger charge is 2.37. The Morgan fingerprint density at radius 3 is 2.13 bits per heavy atom. The largest absolute Gasteiger partial charge is 0.493 e. The monoisotopic (exact) mass is 420 g/mol. The van der Waals surface area contributed by atoms with Crippen molar-refractivity contribution < 1.29 is 14.3 Å². The Bertz CT molecular complexity index is 949. The Morgan fingerprint density at radius 1 is 0.935 bits per heavy atom. The second-order valence-electron chi connectivity index (χ2n) is 9.73. The lowest BCUT2D eigenvalue weighted by Gasteiger charge is -2.42. The van der Waals surface area contributed by atoms with Gasteiger partial charge in [0.25, 0.3) is 0 Å². The van der Waals surface area contributed by atoms with E-state index in [-0.39, 0.29) is 16.8 Å². The van der Waals surface area contributed by atoms with E-state index in [1.807, 2.05) is 31.2 Å². The SMILES string of the molecule is CCCOc1cc2c(cc1C=Cc1ccc(C(=O)OCC)cc1)C(C)(C)CCC2(C)C. The van der Waals surface area contributed by atoms with Crippen LogP contribution in [0.3, 0.4) is 0 Å². The van der Waals surface area contributed by atoms with Crippen molar-refractivity contribution in [2.24, 2.45) is 0 Å². The van der Waals surface area contributed by atoms with Crippen LogP contribution >= 0.6 is 0 Å². The lowest BCUT2D eigenvalue weighted by molar-refractivity contribution is 0.0526. The van der Waals surface area contributed by atoms with E-state index in [4.69, 9.17) is 9.47 Å². The van der Waals surface area contributed by atoms with Crippen LogP contribution in [0.2, 0.25) is 0 Å². The van der Waals surface area contributed by atoms with Crippen LogP contribution in [0.5, 0.6) is 5.75 Å². The van der Waals surface area contributed by atoms with Gasteiger partial charge >= 0.3 is 5.97 Å². The summed E-state index contributed by atoms with van der Waals surface area (Å²) in [4.78, 5) is 11.9. The molecule has 3 nitrogen and oxygen atoms in total. The number of benzene rings is 2. The maximum atomic E-state index is 11.9. The fourth-order valence-electron chi connectivity index (χ4n) is 4.21. The van der Waals surface area contributed by atoms with Crippen LogP contribution in [0.4, 0.5) is 0 Å². The first-order valence-corrected chi connectivity index (χ1v) is 11.4. The maximum absolute atomic E-state index is 11.9. The van der Waals surface area contributed by atoms with Crippen LogP contribution in [0.15, 0.2) is 36.4 Å². The van der Waals surface area contributed by atoms with Crippen molar-refractivity contribution in [2.75, 3.05) is 13.2 Å². The molecule has 2 aromatic rings. The van der Waals surface area contributed by atoms with Gasteiger partial charge in [0.05, 0.1) is 18.8 Å². The molecule has 0 amide bonds. The summed E-state index contributed by atoms with van der Waals surface area (Å²) in [7, 11) is 0. The van der Waals surface area contributed by atoms with Crippen molar-refractivity contribution in [1.29, 1.82) is 0 Å². The van der Waals surface area contributed by atoms with Crippen molar-refractivity contribution in [3.8, 4) is 5.75 Å². The highest BCUT2D eigenvalue weighted by molar-refractivity contribution is 5.89. The molecule has 0 aliphatic heterocycles. The third kappa shape index (κ3) is 5.20. The molecule has 1 aliphatic rings. The Labute approximate surface area is 187 Å². The Hall–Kier alpha value is -2.55. The van der Waals surface area contributed by atoms with Crippen LogP contribution in [0, 0.1) is 0 Å². The first kappa shape index (κ1) is 23.1. The van der Waals surface area contributed by atoms with E-state index >= 15 is 0 Å². The van der Waals surface area contributed by atoms with Crippen LogP contribution in [-0.4, -0.2) is 19.2 Å². The van der Waals surface area contributed by atoms with Crippen LogP contribution < -0.4 is 4.74 Å². The second kappa shape index (κ2) is 9.30. The minimum absolute atomic E-state index is 0.151. The van der Waals surface area contributed by atoms with Crippen molar-refractivity contribution in [1.82, 2.24) is 0 Å². The Balaban J connectivity index is 1.97. The molecular formula is C28H36O3. The number of ether oxygens (including phenoxy) is 2. The van der Waals surface area contributed by atoms with Crippen molar-refractivity contribution in [2.45, 2.75) is 71.6 Å². The molecule has 0 saturated heterocycles. The molecule has 0 saturated carbocycles. The van der Waals surface area contributed by atoms with E-state index in [2.05, 4.69) is 58.9 Å². The summed E-state index contributed by atoms with van der Waals surface area (Å²) in [6, 6.07) is 12.1. The third-order valence-electron chi connectivity index (χ3n) is 6.32. The minimum atomic E-state index is -0.284. The summed E-state index contributed by atoms with van der Waals surface area (Å²) < 4.78 is 11.2. The zero-order valence-electron chi connectivity index (χ0n) is 19.9. The molecule has 0 fully saturated rings. The molecule has 0 aromatic heterocycles. The highest BCUT2D eigenvalue weighted by atomic mass is 16.5. The standard InChI is InChI=1S/C28H36O3/c1-7-17-31-25-19-24-23(27(3,4)15-16-28(24,5)6)18-22(25)14-11-20-9-12-21(13-10-20)26(29)30-8-2/h9-14,18-19H,7-8,15-17H2,1-6H3. The molecule has 0 atom stereocenters. The lowest BCUT2D eigenvalue weighted by atomic mass is 9.63. The van der Waals surface area contributed by atoms with Gasteiger partial charge in [-0.05, 0) is 78.0 Å². The molecule has 3 heteroatoms. The van der Waals surface area contributed by atoms with Gasteiger partial charge in [-0.25, -0.2) is 4.79 Å². The first-order valence-electron chi connectivity index (χ1n) is 11.4. The van der Waals surface area contributed by atoms with Gasteiger partial charge in [-0.15, -0.1) is 0 Å². The molecule has 2 aromatic carbocycles. The average molecular weight is 421 g/mol. The van der Waals surface area contributed by atoms with E-state index in [1.54, 1.807) is 0 Å². The van der Waals surface area contributed by atoms with Gasteiger partial charge in [-0.3, -0.25) is 0 Å². The van der Waals surface area contributed by atoms with Gasteiger partial charge in [-0.2, -0.15) is 0 Å². The van der Waals surface area contributed by atoms with Gasteiger partial charge in [-0.1, -0.05) is 58.9 Å². The molecule has 0 heterocycles. The van der Waals surface area contributed by atoms with E-state index < -0.39 is 0 Å². The predicted molar refractivity (Wildman–Crippen MR) is 129 cm³/mol. The second-order valence-corrected chi connectivity index (χ2v) is 9.73. The number of rotatable bonds is 7. The van der Waals surface area contributed by atoms with Gasteiger partial charge in [0.15, 0.2) is 0 Å². The number of carbonyl (C=O) groups excluding carboxylic acids is 1. The number of carbonyl (C=O) groups is 1. The van der Waals surface area contributed by atoms with Gasteiger partial charge in [0.2, 0.25) is 0 Å². The quantitative estimate of drug-likeness (QED) is 0.352. The van der Waals surface area contributed by atoms with E-state index in [9.17, 15) is 4.79 Å². The van der Waals surface area contributed by atoms with Crippen molar-refractivity contribution in [3.05, 3.63) is 64.2 Å². The topological polar surface area (TPSA) is 35.5 Å². The number of hydrogen-bond acceptors (Lipinski definition) is 3. The molecule has 166 valence electrons. The normalized spacial score (nSPS) is 16.7. The summed E-state index contributed by atoms with van der Waals surface area (Å²) in [6.45, 7) is 14.4.